The Balaban J connectivity index is 2.45. The highest BCUT2D eigenvalue weighted by Crippen LogP contribution is 2.37. The molecule has 2 rings (SSSR count). The summed E-state index contributed by atoms with van der Waals surface area (Å²) in [6.07, 6.45) is 2.37. The summed E-state index contributed by atoms with van der Waals surface area (Å²) in [5.74, 6) is 0. The first kappa shape index (κ1) is 19.5. The molecule has 4 nitrogen and oxygen atoms in total. The van der Waals surface area contributed by atoms with Gasteiger partial charge < -0.3 is 10.6 Å². The molecule has 1 unspecified atom stereocenters. The van der Waals surface area contributed by atoms with E-state index in [9.17, 15) is 10.1 Å². The lowest BCUT2D eigenvalue weighted by Crippen LogP contribution is -2.46. The highest BCUT2D eigenvalue weighted by Gasteiger charge is 2.37. The monoisotopic (exact) mass is 349 g/mol. The van der Waals surface area contributed by atoms with Gasteiger partial charge in [-0.05, 0) is 30.9 Å². The van der Waals surface area contributed by atoms with Crippen LogP contribution < -0.4 is 5.73 Å². The molecule has 2 aromatic rings. The van der Waals surface area contributed by atoms with E-state index in [1.807, 2.05) is 67.6 Å². The second-order valence-electron chi connectivity index (χ2n) is 6.69. The summed E-state index contributed by atoms with van der Waals surface area (Å²) in [7, 11) is 0. The molecule has 0 aliphatic carbocycles. The van der Waals surface area contributed by atoms with Crippen molar-refractivity contribution in [3.8, 4) is 6.07 Å². The van der Waals surface area contributed by atoms with Gasteiger partial charge in [0, 0.05) is 12.6 Å². The molecule has 0 fully saturated rings. The first-order valence-electron chi connectivity index (χ1n) is 9.13. The van der Waals surface area contributed by atoms with Crippen LogP contribution in [0.15, 0.2) is 60.7 Å². The lowest BCUT2D eigenvalue weighted by atomic mass is 9.71. The number of carbonyl (C=O) groups is 1. The van der Waals surface area contributed by atoms with Gasteiger partial charge in [-0.25, -0.2) is 4.79 Å². The third-order valence-corrected chi connectivity index (χ3v) is 4.89. The topological polar surface area (TPSA) is 70.1 Å². The molecule has 136 valence electrons. The summed E-state index contributed by atoms with van der Waals surface area (Å²) in [5.41, 5.74) is 6.65. The average molecular weight is 349 g/mol. The number of primary amides is 1. The smallest absolute Gasteiger partial charge is 0.315 e. The summed E-state index contributed by atoms with van der Waals surface area (Å²) in [6.45, 7) is 4.66. The number of nitrogens with two attached hydrogens (primary N) is 1. The third kappa shape index (κ3) is 4.23. The zero-order chi connectivity index (χ0) is 19.0. The fourth-order valence-electron chi connectivity index (χ4n) is 3.45. The van der Waals surface area contributed by atoms with Crippen molar-refractivity contribution in [1.29, 1.82) is 5.26 Å². The molecule has 0 saturated heterocycles. The van der Waals surface area contributed by atoms with E-state index in [0.717, 1.165) is 24.0 Å². The van der Waals surface area contributed by atoms with Crippen molar-refractivity contribution < 1.29 is 4.79 Å². The maximum atomic E-state index is 12.0. The van der Waals surface area contributed by atoms with Crippen LogP contribution >= 0.6 is 0 Å². The highest BCUT2D eigenvalue weighted by molar-refractivity contribution is 5.72. The molecule has 2 amide bonds. The van der Waals surface area contributed by atoms with Crippen molar-refractivity contribution >= 4 is 6.03 Å². The Kier molecular flexibility index (Phi) is 6.80. The fraction of sp³-hybridized carbons (Fsp3) is 0.364. The van der Waals surface area contributed by atoms with Gasteiger partial charge in [-0.2, -0.15) is 5.26 Å². The van der Waals surface area contributed by atoms with Crippen molar-refractivity contribution in [2.24, 2.45) is 5.73 Å². The van der Waals surface area contributed by atoms with Gasteiger partial charge in [-0.15, -0.1) is 0 Å². The van der Waals surface area contributed by atoms with E-state index >= 15 is 0 Å². The number of benzene rings is 2. The predicted molar refractivity (Wildman–Crippen MR) is 105 cm³/mol. The van der Waals surface area contributed by atoms with E-state index in [2.05, 4.69) is 13.0 Å². The maximum Gasteiger partial charge on any atom is 0.315 e. The van der Waals surface area contributed by atoms with Gasteiger partial charge in [0.25, 0.3) is 0 Å². The molecule has 2 N–H and O–H groups in total. The first-order chi connectivity index (χ1) is 12.5. The highest BCUT2D eigenvalue weighted by atomic mass is 16.2. The molecule has 0 heterocycles. The lowest BCUT2D eigenvalue weighted by molar-refractivity contribution is 0.178. The Morgan fingerprint density at radius 2 is 1.62 bits per heavy atom. The standard InChI is InChI=1S/C22H27N3O/c1-3-4-15-25(21(24)26)18(2)16-22(17-23,19-11-7-5-8-12-19)20-13-9-6-10-14-20/h5-14,18H,3-4,15-16H2,1-2H3,(H2,24,26). The van der Waals surface area contributed by atoms with E-state index in [-0.39, 0.29) is 6.04 Å². The summed E-state index contributed by atoms with van der Waals surface area (Å²) < 4.78 is 0. The van der Waals surface area contributed by atoms with Gasteiger partial charge in [-0.1, -0.05) is 74.0 Å². The normalized spacial score (nSPS) is 12.2. The second-order valence-corrected chi connectivity index (χ2v) is 6.69. The van der Waals surface area contributed by atoms with Crippen molar-refractivity contribution in [2.75, 3.05) is 6.54 Å². The van der Waals surface area contributed by atoms with E-state index < -0.39 is 11.4 Å². The largest absolute Gasteiger partial charge is 0.351 e. The predicted octanol–water partition coefficient (Wildman–Crippen LogP) is 4.46. The zero-order valence-corrected chi connectivity index (χ0v) is 15.6. The van der Waals surface area contributed by atoms with Crippen molar-refractivity contribution in [3.05, 3.63) is 71.8 Å². The van der Waals surface area contributed by atoms with Gasteiger partial charge in [-0.3, -0.25) is 0 Å². The lowest BCUT2D eigenvalue weighted by Gasteiger charge is -2.35. The molecule has 0 radical (unpaired) electrons. The second kappa shape index (κ2) is 9.05. The van der Waals surface area contributed by atoms with Crippen molar-refractivity contribution in [1.82, 2.24) is 4.90 Å². The molecule has 0 saturated carbocycles. The number of nitrogens with zero attached hydrogens (tertiary/aromatic N) is 2. The fourth-order valence-corrected chi connectivity index (χ4v) is 3.45. The summed E-state index contributed by atoms with van der Waals surface area (Å²) >= 11 is 0. The Labute approximate surface area is 156 Å². The SMILES string of the molecule is CCCCN(C(N)=O)C(C)CC(C#N)(c1ccccc1)c1ccccc1. The van der Waals surface area contributed by atoms with Crippen LogP contribution in [-0.2, 0) is 5.41 Å². The van der Waals surface area contributed by atoms with Crippen LogP contribution in [0.1, 0.15) is 44.2 Å². The molecule has 0 aromatic heterocycles. The van der Waals surface area contributed by atoms with E-state index in [4.69, 9.17) is 5.73 Å². The molecule has 0 bridgehead atoms. The van der Waals surface area contributed by atoms with E-state index in [0.29, 0.717) is 13.0 Å². The number of hydrogen-bond acceptors (Lipinski definition) is 2. The van der Waals surface area contributed by atoms with Gasteiger partial charge >= 0.3 is 6.03 Å². The zero-order valence-electron chi connectivity index (χ0n) is 15.6. The molecule has 4 heteroatoms. The molecular weight excluding hydrogens is 322 g/mol. The molecule has 0 spiro atoms. The number of carbonyl (C=O) groups excluding carboxylic acids is 1. The van der Waals surface area contributed by atoms with Crippen LogP contribution in [0.25, 0.3) is 0 Å². The third-order valence-electron chi connectivity index (χ3n) is 4.89. The van der Waals surface area contributed by atoms with Gasteiger partial charge in [0.2, 0.25) is 0 Å². The Hall–Kier alpha value is -2.80. The molecule has 1 atom stereocenters. The summed E-state index contributed by atoms with van der Waals surface area (Å²) in [5, 5.41) is 10.2. The maximum absolute atomic E-state index is 12.0. The van der Waals surface area contributed by atoms with Crippen LogP contribution in [0.2, 0.25) is 0 Å². The number of urea groups is 1. The van der Waals surface area contributed by atoms with E-state index in [1.54, 1.807) is 4.90 Å². The number of nitriles is 1. The molecule has 26 heavy (non-hydrogen) atoms. The van der Waals surface area contributed by atoms with Gasteiger partial charge in [0.15, 0.2) is 0 Å². The van der Waals surface area contributed by atoms with Crippen LogP contribution in [-0.4, -0.2) is 23.5 Å². The molecule has 0 aliphatic heterocycles. The molecule has 0 aliphatic rings. The minimum atomic E-state index is -0.831. The number of rotatable bonds is 8. The Bertz CT molecular complexity index is 697. The number of unbranched alkanes of at least 4 members (excludes halogenated alkanes) is 1. The minimum Gasteiger partial charge on any atom is -0.351 e. The average Bonchev–Trinajstić information content (AvgIpc) is 2.67. The van der Waals surface area contributed by atoms with Crippen molar-refractivity contribution in [2.45, 2.75) is 44.6 Å². The Morgan fingerprint density at radius 1 is 1.12 bits per heavy atom. The quantitative estimate of drug-likeness (QED) is 0.764. The van der Waals surface area contributed by atoms with Gasteiger partial charge in [0.05, 0.1) is 6.07 Å². The molecule has 2 aromatic carbocycles. The first-order valence-corrected chi connectivity index (χ1v) is 9.13. The van der Waals surface area contributed by atoms with Gasteiger partial charge in [0.1, 0.15) is 5.41 Å². The number of hydrogen-bond donors (Lipinski definition) is 1. The van der Waals surface area contributed by atoms with E-state index in [1.165, 1.54) is 0 Å². The number of amides is 2. The summed E-state index contributed by atoms with van der Waals surface area (Å²) in [6, 6.07) is 21.5. The Morgan fingerprint density at radius 3 is 2.00 bits per heavy atom. The van der Waals surface area contributed by atoms with Crippen LogP contribution in [0.3, 0.4) is 0 Å². The minimum absolute atomic E-state index is 0.154. The molecular formula is C22H27N3O. The van der Waals surface area contributed by atoms with Crippen LogP contribution in [0.4, 0.5) is 4.79 Å². The van der Waals surface area contributed by atoms with Crippen LogP contribution in [0, 0.1) is 11.3 Å². The summed E-state index contributed by atoms with van der Waals surface area (Å²) in [4.78, 5) is 13.6. The van der Waals surface area contributed by atoms with Crippen molar-refractivity contribution in [3.63, 3.8) is 0 Å². The van der Waals surface area contributed by atoms with Crippen LogP contribution in [0.5, 0.6) is 0 Å².